The first-order valence-electron chi connectivity index (χ1n) is 3.97. The smallest absolute Gasteiger partial charge is 0.128 e. The molecular weight excluding hydrogens is 166 g/mol. The molecule has 4 heteroatoms. The highest BCUT2D eigenvalue weighted by molar-refractivity contribution is 5.80. The largest absolute Gasteiger partial charge is 0.411 e. The van der Waals surface area contributed by atoms with Crippen molar-refractivity contribution in [3.8, 4) is 0 Å². The molecule has 0 aliphatic carbocycles. The molecule has 1 aromatic rings. The lowest BCUT2D eigenvalue weighted by atomic mass is 10.2. The number of pyridine rings is 1. The van der Waals surface area contributed by atoms with Crippen molar-refractivity contribution in [2.24, 2.45) is 5.16 Å². The van der Waals surface area contributed by atoms with E-state index < -0.39 is 0 Å². The minimum Gasteiger partial charge on any atom is -0.411 e. The number of rotatable bonds is 2. The maximum Gasteiger partial charge on any atom is 0.128 e. The van der Waals surface area contributed by atoms with Crippen LogP contribution in [-0.4, -0.2) is 30.5 Å². The van der Waals surface area contributed by atoms with Gasteiger partial charge in [0.25, 0.3) is 0 Å². The van der Waals surface area contributed by atoms with Gasteiger partial charge in [-0.1, -0.05) is 5.16 Å². The van der Waals surface area contributed by atoms with Crippen molar-refractivity contribution in [3.63, 3.8) is 0 Å². The minimum absolute atomic E-state index is 0.827. The van der Waals surface area contributed by atoms with Crippen LogP contribution >= 0.6 is 0 Å². The van der Waals surface area contributed by atoms with Crippen LogP contribution in [0, 0.1) is 6.92 Å². The van der Waals surface area contributed by atoms with E-state index in [9.17, 15) is 0 Å². The third-order valence-electron chi connectivity index (χ3n) is 1.77. The summed E-state index contributed by atoms with van der Waals surface area (Å²) in [7, 11) is 3.86. The Morgan fingerprint density at radius 3 is 2.62 bits per heavy atom. The lowest BCUT2D eigenvalue weighted by Gasteiger charge is -2.12. The van der Waals surface area contributed by atoms with Crippen LogP contribution in [0.5, 0.6) is 0 Å². The Balaban J connectivity index is 3.05. The zero-order chi connectivity index (χ0) is 9.84. The Hall–Kier alpha value is -1.58. The lowest BCUT2D eigenvalue weighted by Crippen LogP contribution is -2.11. The fraction of sp³-hybridized carbons (Fsp3) is 0.333. The van der Waals surface area contributed by atoms with Crippen LogP contribution < -0.4 is 4.90 Å². The van der Waals surface area contributed by atoms with Gasteiger partial charge in [0.2, 0.25) is 0 Å². The Morgan fingerprint density at radius 2 is 2.15 bits per heavy atom. The summed E-state index contributed by atoms with van der Waals surface area (Å²) >= 11 is 0. The van der Waals surface area contributed by atoms with Crippen molar-refractivity contribution in [2.75, 3.05) is 19.0 Å². The highest BCUT2D eigenvalue weighted by atomic mass is 16.4. The maximum atomic E-state index is 8.35. The molecule has 1 heterocycles. The molecule has 0 spiro atoms. The molecule has 1 rings (SSSR count). The van der Waals surface area contributed by atoms with Gasteiger partial charge in [0.1, 0.15) is 5.82 Å². The van der Waals surface area contributed by atoms with Crippen LogP contribution in [0.3, 0.4) is 0 Å². The van der Waals surface area contributed by atoms with E-state index in [1.165, 1.54) is 6.21 Å². The summed E-state index contributed by atoms with van der Waals surface area (Å²) in [6, 6.07) is 3.75. The molecule has 0 saturated carbocycles. The minimum atomic E-state index is 0.827. The number of hydrogen-bond acceptors (Lipinski definition) is 4. The summed E-state index contributed by atoms with van der Waals surface area (Å²) in [6.07, 6.45) is 1.38. The van der Waals surface area contributed by atoms with Gasteiger partial charge >= 0.3 is 0 Å². The van der Waals surface area contributed by atoms with E-state index in [1.54, 1.807) is 0 Å². The van der Waals surface area contributed by atoms with Crippen molar-refractivity contribution in [1.29, 1.82) is 0 Å². The zero-order valence-electron chi connectivity index (χ0n) is 8.02. The van der Waals surface area contributed by atoms with E-state index in [-0.39, 0.29) is 0 Å². The number of aromatic nitrogens is 1. The second kappa shape index (κ2) is 3.89. The maximum absolute atomic E-state index is 8.35. The highest BCUT2D eigenvalue weighted by Crippen LogP contribution is 2.10. The van der Waals surface area contributed by atoms with E-state index >= 15 is 0 Å². The van der Waals surface area contributed by atoms with Crippen LogP contribution in [0.1, 0.15) is 11.3 Å². The number of aryl methyl sites for hydroxylation is 1. The van der Waals surface area contributed by atoms with Crippen LogP contribution in [0.15, 0.2) is 17.3 Å². The summed E-state index contributed by atoms with van der Waals surface area (Å²) in [6.45, 7) is 1.88. The predicted molar refractivity (Wildman–Crippen MR) is 52.7 cm³/mol. The molecule has 0 amide bonds. The van der Waals surface area contributed by atoms with Crippen LogP contribution in [0.25, 0.3) is 0 Å². The van der Waals surface area contributed by atoms with Crippen LogP contribution in [0.4, 0.5) is 5.82 Å². The van der Waals surface area contributed by atoms with E-state index in [0.29, 0.717) is 0 Å². The lowest BCUT2D eigenvalue weighted by molar-refractivity contribution is 0.322. The fourth-order valence-electron chi connectivity index (χ4n) is 1.01. The van der Waals surface area contributed by atoms with Crippen molar-refractivity contribution < 1.29 is 5.21 Å². The summed E-state index contributed by atoms with van der Waals surface area (Å²) in [5.74, 6) is 0.896. The first-order chi connectivity index (χ1) is 6.15. The van der Waals surface area contributed by atoms with Crippen LogP contribution in [-0.2, 0) is 0 Å². The monoisotopic (exact) mass is 179 g/mol. The van der Waals surface area contributed by atoms with Crippen molar-refractivity contribution in [3.05, 3.63) is 23.4 Å². The molecule has 0 aliphatic rings. The summed E-state index contributed by atoms with van der Waals surface area (Å²) < 4.78 is 0. The molecule has 0 radical (unpaired) electrons. The molecule has 0 fully saturated rings. The van der Waals surface area contributed by atoms with Gasteiger partial charge in [0, 0.05) is 25.4 Å². The summed E-state index contributed by atoms with van der Waals surface area (Å²) in [5.41, 5.74) is 1.68. The molecule has 0 aliphatic heterocycles. The molecule has 0 unspecified atom stereocenters. The Kier molecular flexibility index (Phi) is 2.84. The van der Waals surface area contributed by atoms with Crippen LogP contribution in [0.2, 0.25) is 0 Å². The van der Waals surface area contributed by atoms with Gasteiger partial charge in [0.15, 0.2) is 0 Å². The Labute approximate surface area is 77.5 Å². The van der Waals surface area contributed by atoms with Crippen molar-refractivity contribution >= 4 is 12.0 Å². The molecule has 0 saturated heterocycles. The molecule has 70 valence electrons. The molecule has 1 aromatic heterocycles. The molecule has 13 heavy (non-hydrogen) atoms. The first kappa shape index (κ1) is 9.51. The van der Waals surface area contributed by atoms with Gasteiger partial charge in [-0.25, -0.2) is 4.98 Å². The normalized spacial score (nSPS) is 10.7. The SMILES string of the molecule is Cc1nc(N(C)C)ccc1/C=N\O. The number of oxime groups is 1. The van der Waals surface area contributed by atoms with Gasteiger partial charge in [-0.15, -0.1) is 0 Å². The average molecular weight is 179 g/mol. The van der Waals surface area contributed by atoms with E-state index in [4.69, 9.17) is 5.21 Å². The van der Waals surface area contributed by atoms with Gasteiger partial charge in [-0.3, -0.25) is 0 Å². The standard InChI is InChI=1S/C9H13N3O/c1-7-8(6-10-13)4-5-9(11-7)12(2)3/h4-6,13H,1-3H3/b10-6-. The molecule has 0 atom stereocenters. The fourth-order valence-corrected chi connectivity index (χ4v) is 1.01. The topological polar surface area (TPSA) is 48.7 Å². The van der Waals surface area contributed by atoms with Gasteiger partial charge < -0.3 is 10.1 Å². The molecule has 4 nitrogen and oxygen atoms in total. The Bertz CT molecular complexity index is 321. The number of anilines is 1. The summed E-state index contributed by atoms with van der Waals surface area (Å²) in [5, 5.41) is 11.3. The highest BCUT2D eigenvalue weighted by Gasteiger charge is 2.00. The van der Waals surface area contributed by atoms with Gasteiger partial charge in [-0.05, 0) is 19.1 Å². The average Bonchev–Trinajstić information content (AvgIpc) is 2.08. The third kappa shape index (κ3) is 2.18. The number of nitrogens with zero attached hydrogens (tertiary/aromatic N) is 3. The second-order valence-electron chi connectivity index (χ2n) is 2.98. The molecule has 0 bridgehead atoms. The Morgan fingerprint density at radius 1 is 1.46 bits per heavy atom. The van der Waals surface area contributed by atoms with E-state index in [2.05, 4.69) is 10.1 Å². The van der Waals surface area contributed by atoms with E-state index in [0.717, 1.165) is 17.1 Å². The van der Waals surface area contributed by atoms with Gasteiger partial charge in [-0.2, -0.15) is 0 Å². The number of hydrogen-bond donors (Lipinski definition) is 1. The van der Waals surface area contributed by atoms with Crippen molar-refractivity contribution in [2.45, 2.75) is 6.92 Å². The first-order valence-corrected chi connectivity index (χ1v) is 3.97. The van der Waals surface area contributed by atoms with Crippen molar-refractivity contribution in [1.82, 2.24) is 4.98 Å². The predicted octanol–water partition coefficient (Wildman–Crippen LogP) is 1.26. The van der Waals surface area contributed by atoms with E-state index in [1.807, 2.05) is 38.1 Å². The molecule has 0 aromatic carbocycles. The zero-order valence-corrected chi connectivity index (χ0v) is 8.02. The van der Waals surface area contributed by atoms with Gasteiger partial charge in [0.05, 0.1) is 6.21 Å². The second-order valence-corrected chi connectivity index (χ2v) is 2.98. The summed E-state index contributed by atoms with van der Waals surface area (Å²) in [4.78, 5) is 6.24. The molecule has 1 N–H and O–H groups in total. The molecular formula is C9H13N3O. The quantitative estimate of drug-likeness (QED) is 0.422. The third-order valence-corrected chi connectivity index (χ3v) is 1.77.